The van der Waals surface area contributed by atoms with Crippen LogP contribution in [0, 0.1) is 5.41 Å². The first-order chi connectivity index (χ1) is 9.94. The summed E-state index contributed by atoms with van der Waals surface area (Å²) < 4.78 is 0. The zero-order chi connectivity index (χ0) is 17.1. The van der Waals surface area contributed by atoms with E-state index in [1.807, 2.05) is 39.0 Å². The zero-order valence-electron chi connectivity index (χ0n) is 14.7. The van der Waals surface area contributed by atoms with Gasteiger partial charge in [-0.3, -0.25) is 9.79 Å². The largest absolute Gasteiger partial charge is 0.380 e. The maximum Gasteiger partial charge on any atom is 0.182 e. The van der Waals surface area contributed by atoms with Crippen molar-refractivity contribution in [1.29, 1.82) is 0 Å². The van der Waals surface area contributed by atoms with Crippen LogP contribution in [0.4, 0.5) is 17.1 Å². The minimum absolute atomic E-state index is 0.0272. The van der Waals surface area contributed by atoms with Crippen LogP contribution in [0.5, 0.6) is 0 Å². The van der Waals surface area contributed by atoms with Crippen molar-refractivity contribution < 1.29 is 4.79 Å². The number of hydrogen-bond acceptors (Lipinski definition) is 4. The van der Waals surface area contributed by atoms with Gasteiger partial charge in [-0.15, -0.1) is 0 Å². The van der Waals surface area contributed by atoms with Gasteiger partial charge in [0.25, 0.3) is 0 Å². The number of nitrogens with one attached hydrogen (secondary N) is 1. The highest BCUT2D eigenvalue weighted by Crippen LogP contribution is 2.32. The summed E-state index contributed by atoms with van der Waals surface area (Å²) in [5, 5.41) is 3.38. The number of nitrogens with zero attached hydrogens (tertiary/aromatic N) is 2. The van der Waals surface area contributed by atoms with E-state index < -0.39 is 5.41 Å². The first kappa shape index (κ1) is 18.1. The summed E-state index contributed by atoms with van der Waals surface area (Å²) in [4.78, 5) is 20.7. The molecule has 0 aliphatic rings. The number of rotatable bonds is 4. The molecule has 0 aliphatic carbocycles. The van der Waals surface area contributed by atoms with Crippen LogP contribution in [-0.4, -0.2) is 23.8 Å². The molecule has 0 aromatic heterocycles. The van der Waals surface area contributed by atoms with Gasteiger partial charge in [-0.2, -0.15) is 0 Å². The highest BCUT2D eigenvalue weighted by atomic mass is 16.1. The van der Waals surface area contributed by atoms with Gasteiger partial charge in [-0.25, -0.2) is 4.99 Å². The van der Waals surface area contributed by atoms with Crippen molar-refractivity contribution in [3.63, 3.8) is 0 Å². The zero-order valence-corrected chi connectivity index (χ0v) is 14.7. The fourth-order valence-electron chi connectivity index (χ4n) is 2.03. The molecule has 4 nitrogen and oxygen atoms in total. The fraction of sp³-hybridized carbons (Fsp3) is 0.500. The van der Waals surface area contributed by atoms with Crippen molar-refractivity contribution in [1.82, 2.24) is 0 Å². The molecule has 1 aromatic carbocycles. The predicted molar refractivity (Wildman–Crippen MR) is 96.3 cm³/mol. The lowest BCUT2D eigenvalue weighted by molar-refractivity contribution is -0.119. The number of Topliss-reactive ketones (excluding diaryl/α,β-unsaturated/α-hetero) is 1. The first-order valence-electron chi connectivity index (χ1n) is 7.43. The molecule has 4 heteroatoms. The number of aliphatic imine (C=N–C) groups is 2. The van der Waals surface area contributed by atoms with E-state index in [-0.39, 0.29) is 11.3 Å². The second kappa shape index (κ2) is 6.42. The number of benzene rings is 1. The smallest absolute Gasteiger partial charge is 0.182 e. The third kappa shape index (κ3) is 5.10. The molecule has 0 aliphatic heterocycles. The van der Waals surface area contributed by atoms with Crippen LogP contribution in [0.15, 0.2) is 28.2 Å². The summed E-state index contributed by atoms with van der Waals surface area (Å²) in [6.45, 7) is 17.3. The quantitative estimate of drug-likeness (QED) is 0.801. The number of carbonyl (C=O) groups is 1. The van der Waals surface area contributed by atoms with E-state index in [0.29, 0.717) is 17.1 Å². The lowest BCUT2D eigenvalue weighted by Crippen LogP contribution is -2.26. The van der Waals surface area contributed by atoms with Crippen molar-refractivity contribution in [2.24, 2.45) is 15.4 Å². The SMILES string of the molecule is C=Nc1cc(NC(C)(C)C)ccc1/N=C(\C)C(=O)C(C)(C)C. The summed E-state index contributed by atoms with van der Waals surface area (Å²) in [5.74, 6) is 0.0272. The lowest BCUT2D eigenvalue weighted by atomic mass is 9.88. The van der Waals surface area contributed by atoms with Crippen molar-refractivity contribution in [2.75, 3.05) is 5.32 Å². The third-order valence-corrected chi connectivity index (χ3v) is 2.96. The molecule has 0 spiro atoms. The maximum atomic E-state index is 12.2. The van der Waals surface area contributed by atoms with E-state index in [0.717, 1.165) is 5.69 Å². The van der Waals surface area contributed by atoms with Gasteiger partial charge in [0, 0.05) is 16.6 Å². The van der Waals surface area contributed by atoms with E-state index in [1.165, 1.54) is 0 Å². The molecule has 0 bridgehead atoms. The van der Waals surface area contributed by atoms with Crippen molar-refractivity contribution in [3.05, 3.63) is 18.2 Å². The monoisotopic (exact) mass is 301 g/mol. The van der Waals surface area contributed by atoms with Gasteiger partial charge in [-0.05, 0) is 52.6 Å². The minimum atomic E-state index is -0.441. The Bertz CT molecular complexity index is 602. The molecule has 1 rings (SSSR count). The second-order valence-electron chi connectivity index (χ2n) is 7.51. The van der Waals surface area contributed by atoms with Gasteiger partial charge in [0.1, 0.15) is 0 Å². The third-order valence-electron chi connectivity index (χ3n) is 2.96. The van der Waals surface area contributed by atoms with Gasteiger partial charge >= 0.3 is 0 Å². The van der Waals surface area contributed by atoms with Gasteiger partial charge in [0.15, 0.2) is 5.78 Å². The van der Waals surface area contributed by atoms with E-state index >= 15 is 0 Å². The molecule has 22 heavy (non-hydrogen) atoms. The summed E-state index contributed by atoms with van der Waals surface area (Å²) >= 11 is 0. The van der Waals surface area contributed by atoms with Gasteiger partial charge in [0.05, 0.1) is 17.1 Å². The van der Waals surface area contributed by atoms with Gasteiger partial charge in [-0.1, -0.05) is 20.8 Å². The number of hydrogen-bond donors (Lipinski definition) is 1. The molecule has 0 heterocycles. The first-order valence-corrected chi connectivity index (χ1v) is 7.43. The van der Waals surface area contributed by atoms with Crippen molar-refractivity contribution in [3.8, 4) is 0 Å². The summed E-state index contributed by atoms with van der Waals surface area (Å²) in [7, 11) is 0. The molecule has 0 saturated heterocycles. The van der Waals surface area contributed by atoms with Gasteiger partial charge < -0.3 is 5.32 Å². The van der Waals surface area contributed by atoms with Crippen LogP contribution in [-0.2, 0) is 4.79 Å². The Morgan fingerprint density at radius 3 is 2.14 bits per heavy atom. The van der Waals surface area contributed by atoms with Gasteiger partial charge in [0.2, 0.25) is 0 Å². The standard InChI is InChI=1S/C18H27N3O/c1-12(16(22)17(2,3)4)20-14-10-9-13(11-15(14)19-8)21-18(5,6)7/h9-11,21H,8H2,1-7H3/b20-12+. The molecule has 0 amide bonds. The van der Waals surface area contributed by atoms with Crippen LogP contribution in [0.1, 0.15) is 48.5 Å². The lowest BCUT2D eigenvalue weighted by Gasteiger charge is -2.22. The molecule has 0 radical (unpaired) electrons. The Kier molecular flexibility index (Phi) is 5.28. The molecule has 0 saturated carbocycles. The summed E-state index contributed by atoms with van der Waals surface area (Å²) in [6.07, 6.45) is 0. The molecular weight excluding hydrogens is 274 g/mol. The summed E-state index contributed by atoms with van der Waals surface area (Å²) in [6, 6.07) is 5.69. The average molecular weight is 301 g/mol. The Morgan fingerprint density at radius 1 is 1.09 bits per heavy atom. The van der Waals surface area contributed by atoms with E-state index in [1.54, 1.807) is 6.92 Å². The van der Waals surface area contributed by atoms with Crippen LogP contribution >= 0.6 is 0 Å². The number of anilines is 1. The second-order valence-corrected chi connectivity index (χ2v) is 7.51. The number of carbonyl (C=O) groups excluding carboxylic acids is 1. The topological polar surface area (TPSA) is 53.8 Å². The average Bonchev–Trinajstić information content (AvgIpc) is 2.36. The fourth-order valence-corrected chi connectivity index (χ4v) is 2.03. The molecule has 0 unspecified atom stereocenters. The Labute approximate surface area is 133 Å². The van der Waals surface area contributed by atoms with Crippen LogP contribution in [0.25, 0.3) is 0 Å². The Hall–Kier alpha value is -1.97. The van der Waals surface area contributed by atoms with Crippen molar-refractivity contribution >= 4 is 35.3 Å². The van der Waals surface area contributed by atoms with E-state index in [4.69, 9.17) is 0 Å². The molecule has 1 aromatic rings. The van der Waals surface area contributed by atoms with Crippen molar-refractivity contribution in [2.45, 2.75) is 54.0 Å². The minimum Gasteiger partial charge on any atom is -0.380 e. The van der Waals surface area contributed by atoms with Crippen LogP contribution in [0.2, 0.25) is 0 Å². The Balaban J connectivity index is 3.16. The maximum absolute atomic E-state index is 12.2. The summed E-state index contributed by atoms with van der Waals surface area (Å²) in [5.41, 5.74) is 2.27. The highest BCUT2D eigenvalue weighted by molar-refractivity contribution is 6.41. The normalized spacial score (nSPS) is 13.0. The van der Waals surface area contributed by atoms with Crippen LogP contribution < -0.4 is 5.32 Å². The molecule has 1 N–H and O–H groups in total. The Morgan fingerprint density at radius 2 is 1.68 bits per heavy atom. The van der Waals surface area contributed by atoms with E-state index in [9.17, 15) is 4.79 Å². The molecule has 0 atom stereocenters. The molecular formula is C18H27N3O. The molecule has 0 fully saturated rings. The van der Waals surface area contributed by atoms with Crippen LogP contribution in [0.3, 0.4) is 0 Å². The highest BCUT2D eigenvalue weighted by Gasteiger charge is 2.23. The number of ketones is 1. The molecule has 120 valence electrons. The predicted octanol–water partition coefficient (Wildman–Crippen LogP) is 4.94. The van der Waals surface area contributed by atoms with E-state index in [2.05, 4.69) is 42.8 Å².